The molecule has 0 saturated carbocycles. The van der Waals surface area contributed by atoms with Crippen molar-refractivity contribution in [3.63, 3.8) is 0 Å². The van der Waals surface area contributed by atoms with Gasteiger partial charge in [0.2, 0.25) is 0 Å². The van der Waals surface area contributed by atoms with Gasteiger partial charge in [0, 0.05) is 12.0 Å². The monoisotopic (exact) mass is 416 g/mol. The number of hydrogen-bond donors (Lipinski definition) is 0. The van der Waals surface area contributed by atoms with Crippen LogP contribution in [0.3, 0.4) is 0 Å². The largest absolute Gasteiger partial charge is 0.497 e. The topological polar surface area (TPSA) is 44.1 Å². The lowest BCUT2D eigenvalue weighted by Gasteiger charge is -2.16. The van der Waals surface area contributed by atoms with Gasteiger partial charge in [0.1, 0.15) is 16.6 Å². The van der Waals surface area contributed by atoms with Gasteiger partial charge in [0.05, 0.1) is 19.3 Å². The molecule has 1 aromatic heterocycles. The summed E-state index contributed by atoms with van der Waals surface area (Å²) in [5, 5.41) is 0.339. The Morgan fingerprint density at radius 3 is 2.13 bits per heavy atom. The molecule has 30 heavy (non-hydrogen) atoms. The van der Waals surface area contributed by atoms with Crippen LogP contribution in [0.1, 0.15) is 16.8 Å². The van der Waals surface area contributed by atoms with Crippen LogP contribution in [0.15, 0.2) is 89.7 Å². The van der Waals surface area contributed by atoms with Crippen LogP contribution in [0.4, 0.5) is 0 Å². The first-order valence-electron chi connectivity index (χ1n) is 9.67. The van der Waals surface area contributed by atoms with Crippen molar-refractivity contribution in [2.24, 2.45) is 0 Å². The van der Waals surface area contributed by atoms with Crippen LogP contribution in [0.5, 0.6) is 5.75 Å². The lowest BCUT2D eigenvalue weighted by molar-refractivity contribution is 0.414. The number of hydrogen-bond acceptors (Lipinski definition) is 3. The normalized spacial score (nSPS) is 10.7. The fourth-order valence-electron chi connectivity index (χ4n) is 3.39. The maximum Gasteiger partial charge on any atom is 0.277 e. The van der Waals surface area contributed by atoms with E-state index in [2.05, 4.69) is 4.98 Å². The van der Waals surface area contributed by atoms with Crippen molar-refractivity contribution < 1.29 is 4.74 Å². The maximum absolute atomic E-state index is 13.5. The first-order chi connectivity index (χ1) is 14.7. The summed E-state index contributed by atoms with van der Waals surface area (Å²) in [6.07, 6.45) is 0.521. The Labute approximate surface area is 180 Å². The zero-order chi connectivity index (χ0) is 20.9. The number of aromatic nitrogens is 2. The SMILES string of the molecule is COc1ccc(Cn2c(Cc3ccccc3)c(Cl)nc(-c3ccccc3)c2=O)cc1. The van der Waals surface area contributed by atoms with Crippen LogP contribution in [-0.2, 0) is 13.0 Å². The molecule has 0 N–H and O–H groups in total. The van der Waals surface area contributed by atoms with Gasteiger partial charge in [-0.25, -0.2) is 4.98 Å². The highest BCUT2D eigenvalue weighted by Crippen LogP contribution is 2.22. The molecular weight excluding hydrogens is 396 g/mol. The fourth-order valence-corrected chi connectivity index (χ4v) is 3.65. The minimum absolute atomic E-state index is 0.160. The van der Waals surface area contributed by atoms with E-state index >= 15 is 0 Å². The molecule has 0 bridgehead atoms. The van der Waals surface area contributed by atoms with E-state index in [0.717, 1.165) is 22.4 Å². The summed E-state index contributed by atoms with van der Waals surface area (Å²) in [6.45, 7) is 0.396. The predicted octanol–water partition coefficient (Wildman–Crippen LogP) is 5.21. The smallest absolute Gasteiger partial charge is 0.277 e. The van der Waals surface area contributed by atoms with Crippen LogP contribution in [-0.4, -0.2) is 16.7 Å². The van der Waals surface area contributed by atoms with Crippen LogP contribution >= 0.6 is 11.6 Å². The molecule has 0 unspecified atom stereocenters. The summed E-state index contributed by atoms with van der Waals surface area (Å²) >= 11 is 6.63. The summed E-state index contributed by atoms with van der Waals surface area (Å²) in [5.74, 6) is 0.772. The van der Waals surface area contributed by atoms with Gasteiger partial charge in [-0.05, 0) is 23.3 Å². The molecule has 0 atom stereocenters. The Kier molecular flexibility index (Phi) is 5.96. The number of ether oxygens (including phenoxy) is 1. The molecule has 1 heterocycles. The van der Waals surface area contributed by atoms with Gasteiger partial charge in [-0.15, -0.1) is 0 Å². The van der Waals surface area contributed by atoms with Crippen molar-refractivity contribution in [3.8, 4) is 17.0 Å². The first-order valence-corrected chi connectivity index (χ1v) is 10.0. The zero-order valence-corrected chi connectivity index (χ0v) is 17.3. The number of nitrogens with zero attached hydrogens (tertiary/aromatic N) is 2. The third-order valence-electron chi connectivity index (χ3n) is 4.98. The molecule has 0 fully saturated rings. The minimum Gasteiger partial charge on any atom is -0.497 e. The van der Waals surface area contributed by atoms with E-state index in [4.69, 9.17) is 16.3 Å². The van der Waals surface area contributed by atoms with Crippen LogP contribution in [0.2, 0.25) is 5.15 Å². The Morgan fingerprint density at radius 2 is 1.50 bits per heavy atom. The highest BCUT2D eigenvalue weighted by molar-refractivity contribution is 6.30. The average molecular weight is 417 g/mol. The second-order valence-electron chi connectivity index (χ2n) is 6.97. The van der Waals surface area contributed by atoms with E-state index in [1.54, 1.807) is 11.7 Å². The summed E-state index contributed by atoms with van der Waals surface area (Å²) < 4.78 is 6.97. The molecule has 0 saturated heterocycles. The summed E-state index contributed by atoms with van der Waals surface area (Å²) in [6, 6.07) is 27.0. The average Bonchev–Trinajstić information content (AvgIpc) is 2.80. The third-order valence-corrected chi connectivity index (χ3v) is 5.29. The number of halogens is 1. The molecule has 150 valence electrons. The van der Waals surface area contributed by atoms with Crippen molar-refractivity contribution in [2.45, 2.75) is 13.0 Å². The van der Waals surface area contributed by atoms with Gasteiger partial charge >= 0.3 is 0 Å². The Bertz CT molecular complexity index is 1190. The molecule has 0 aliphatic rings. The molecule has 0 amide bonds. The van der Waals surface area contributed by atoms with Crippen molar-refractivity contribution in [1.82, 2.24) is 9.55 Å². The molecule has 0 radical (unpaired) electrons. The molecule has 0 aliphatic carbocycles. The van der Waals surface area contributed by atoms with E-state index in [1.165, 1.54) is 0 Å². The lowest BCUT2D eigenvalue weighted by Crippen LogP contribution is -2.27. The zero-order valence-electron chi connectivity index (χ0n) is 16.6. The summed E-state index contributed by atoms with van der Waals surface area (Å²) in [5.41, 5.74) is 3.69. The molecular formula is C25H21ClN2O2. The third kappa shape index (κ3) is 4.29. The molecule has 0 aliphatic heterocycles. The summed E-state index contributed by atoms with van der Waals surface area (Å²) in [4.78, 5) is 18.0. The highest BCUT2D eigenvalue weighted by Gasteiger charge is 2.17. The van der Waals surface area contributed by atoms with Gasteiger partial charge < -0.3 is 9.30 Å². The summed E-state index contributed by atoms with van der Waals surface area (Å²) in [7, 11) is 1.63. The predicted molar refractivity (Wildman–Crippen MR) is 120 cm³/mol. The second-order valence-corrected chi connectivity index (χ2v) is 7.32. The van der Waals surface area contributed by atoms with Crippen molar-refractivity contribution in [1.29, 1.82) is 0 Å². The van der Waals surface area contributed by atoms with E-state index in [9.17, 15) is 4.79 Å². The van der Waals surface area contributed by atoms with Gasteiger partial charge in [-0.3, -0.25) is 4.79 Å². The van der Waals surface area contributed by atoms with E-state index in [1.807, 2.05) is 84.9 Å². The second kappa shape index (κ2) is 8.97. The van der Waals surface area contributed by atoms with E-state index in [-0.39, 0.29) is 5.56 Å². The van der Waals surface area contributed by atoms with Crippen LogP contribution in [0.25, 0.3) is 11.3 Å². The number of methoxy groups -OCH3 is 1. The van der Waals surface area contributed by atoms with E-state index in [0.29, 0.717) is 29.5 Å². The quantitative estimate of drug-likeness (QED) is 0.433. The van der Waals surface area contributed by atoms with Crippen LogP contribution < -0.4 is 10.3 Å². The Morgan fingerprint density at radius 1 is 0.867 bits per heavy atom. The number of rotatable bonds is 6. The molecule has 4 nitrogen and oxygen atoms in total. The van der Waals surface area contributed by atoms with Crippen molar-refractivity contribution in [2.75, 3.05) is 7.11 Å². The Balaban J connectivity index is 1.83. The molecule has 5 heteroatoms. The van der Waals surface area contributed by atoms with Gasteiger partial charge in [0.25, 0.3) is 5.56 Å². The molecule has 4 rings (SSSR count). The van der Waals surface area contributed by atoms with Gasteiger partial charge in [0.15, 0.2) is 0 Å². The van der Waals surface area contributed by atoms with Crippen molar-refractivity contribution in [3.05, 3.63) is 117 Å². The van der Waals surface area contributed by atoms with E-state index < -0.39 is 0 Å². The van der Waals surface area contributed by atoms with Gasteiger partial charge in [-0.2, -0.15) is 0 Å². The first kappa shape index (κ1) is 19.9. The minimum atomic E-state index is -0.160. The number of benzene rings is 3. The fraction of sp³-hybridized carbons (Fsp3) is 0.120. The maximum atomic E-state index is 13.5. The highest BCUT2D eigenvalue weighted by atomic mass is 35.5. The Hall–Kier alpha value is -3.37. The van der Waals surface area contributed by atoms with Crippen molar-refractivity contribution >= 4 is 11.6 Å². The molecule has 4 aromatic rings. The van der Waals surface area contributed by atoms with Gasteiger partial charge in [-0.1, -0.05) is 84.4 Å². The molecule has 3 aromatic carbocycles. The standard InChI is InChI=1S/C25H21ClN2O2/c1-30-21-14-12-19(13-15-21)17-28-22(16-18-8-4-2-5-9-18)24(26)27-23(25(28)29)20-10-6-3-7-11-20/h2-15H,16-17H2,1H3. The van der Waals surface area contributed by atoms with Crippen LogP contribution in [0, 0.1) is 0 Å². The lowest BCUT2D eigenvalue weighted by atomic mass is 10.1. The molecule has 0 spiro atoms.